The van der Waals surface area contributed by atoms with Gasteiger partial charge in [0.15, 0.2) is 5.69 Å². The quantitative estimate of drug-likeness (QED) is 0.239. The molecule has 0 saturated carbocycles. The van der Waals surface area contributed by atoms with Crippen molar-refractivity contribution in [3.8, 4) is 0 Å². The summed E-state index contributed by atoms with van der Waals surface area (Å²) in [6, 6.07) is 6.42. The first kappa shape index (κ1) is 29.7. The van der Waals surface area contributed by atoms with E-state index in [1.54, 1.807) is 20.8 Å². The van der Waals surface area contributed by atoms with Crippen molar-refractivity contribution in [3.63, 3.8) is 0 Å². The Morgan fingerprint density at radius 2 is 1.85 bits per heavy atom. The van der Waals surface area contributed by atoms with E-state index >= 15 is 4.39 Å². The second-order valence-corrected chi connectivity index (χ2v) is 12.2. The second kappa shape index (κ2) is 10.8. The van der Waals surface area contributed by atoms with Crippen LogP contribution in [0.5, 0.6) is 0 Å². The van der Waals surface area contributed by atoms with Gasteiger partial charge in [0.25, 0.3) is 0 Å². The van der Waals surface area contributed by atoms with Gasteiger partial charge in [-0.2, -0.15) is 18.3 Å². The van der Waals surface area contributed by atoms with E-state index in [0.29, 0.717) is 31.7 Å². The topological polar surface area (TPSA) is 68.6 Å². The Morgan fingerprint density at radius 3 is 2.51 bits per heavy atom. The third-order valence-corrected chi connectivity index (χ3v) is 8.13. The maximum Gasteiger partial charge on any atom is 0.433 e. The molecule has 5 rings (SSSR count). The normalized spacial score (nSPS) is 20.6. The van der Waals surface area contributed by atoms with Crippen molar-refractivity contribution in [1.29, 1.82) is 0 Å². The van der Waals surface area contributed by atoms with E-state index in [0.717, 1.165) is 4.68 Å². The third kappa shape index (κ3) is 5.94. The van der Waals surface area contributed by atoms with Crippen LogP contribution < -0.4 is 5.32 Å². The van der Waals surface area contributed by atoms with Crippen molar-refractivity contribution >= 4 is 45.9 Å². The molecule has 1 N–H and O–H groups in total. The van der Waals surface area contributed by atoms with Crippen LogP contribution in [0.25, 0.3) is 10.9 Å². The zero-order chi connectivity index (χ0) is 29.7. The minimum absolute atomic E-state index is 0.0190. The molecule has 3 aromatic rings. The van der Waals surface area contributed by atoms with Crippen LogP contribution in [0.4, 0.5) is 28.0 Å². The van der Waals surface area contributed by atoms with E-state index in [1.807, 2.05) is 0 Å². The molecule has 2 aliphatic heterocycles. The van der Waals surface area contributed by atoms with Crippen LogP contribution >= 0.6 is 23.2 Å². The molecule has 0 spiro atoms. The van der Waals surface area contributed by atoms with Crippen molar-refractivity contribution in [3.05, 3.63) is 57.5 Å². The van der Waals surface area contributed by atoms with Crippen LogP contribution in [0.1, 0.15) is 57.3 Å². The first-order valence-electron chi connectivity index (χ1n) is 13.3. The number of aromatic nitrogens is 2. The smallest absolute Gasteiger partial charge is 0.433 e. The largest absolute Gasteiger partial charge is 0.444 e. The Balaban J connectivity index is 1.57. The first-order valence-corrected chi connectivity index (χ1v) is 14.0. The summed E-state index contributed by atoms with van der Waals surface area (Å²) in [7, 11) is 0. The highest BCUT2D eigenvalue weighted by molar-refractivity contribution is 6.42. The number of benzene rings is 2. The van der Waals surface area contributed by atoms with Crippen LogP contribution in [-0.2, 0) is 21.2 Å². The molecule has 0 bridgehead atoms. The number of carbonyl (C=O) groups is 1. The summed E-state index contributed by atoms with van der Waals surface area (Å²) in [5, 5.41) is 7.71. The Hall–Kier alpha value is -2.76. The summed E-state index contributed by atoms with van der Waals surface area (Å²) in [5.41, 5.74) is -2.26. The highest BCUT2D eigenvalue weighted by Gasteiger charge is 2.46. The van der Waals surface area contributed by atoms with Gasteiger partial charge >= 0.3 is 12.3 Å². The number of amides is 1. The molecule has 1 atom stereocenters. The van der Waals surface area contributed by atoms with Gasteiger partial charge in [0.05, 0.1) is 33.7 Å². The Labute approximate surface area is 244 Å². The molecule has 0 unspecified atom stereocenters. The molecule has 0 aliphatic carbocycles. The monoisotopic (exact) mass is 616 g/mol. The Bertz CT molecular complexity index is 1470. The van der Waals surface area contributed by atoms with E-state index in [4.69, 9.17) is 32.7 Å². The van der Waals surface area contributed by atoms with Crippen LogP contribution in [0.3, 0.4) is 0 Å². The number of rotatable bonds is 4. The van der Waals surface area contributed by atoms with Crippen molar-refractivity contribution in [1.82, 2.24) is 14.7 Å². The molecular weight excluding hydrogens is 587 g/mol. The number of anilines is 1. The molecular formula is C28H30Cl2F4N4O3. The lowest BCUT2D eigenvalue weighted by Crippen LogP contribution is -2.42. The van der Waals surface area contributed by atoms with Gasteiger partial charge in [-0.1, -0.05) is 23.2 Å². The summed E-state index contributed by atoms with van der Waals surface area (Å²) in [5.74, 6) is -0.637. The number of likely N-dealkylation sites (tertiary alicyclic amines) is 1. The maximum absolute atomic E-state index is 15.4. The molecule has 222 valence electrons. The fraction of sp³-hybridized carbons (Fsp3) is 0.500. The average molecular weight is 617 g/mol. The number of ether oxygens (including phenoxy) is 2. The van der Waals surface area contributed by atoms with Crippen molar-refractivity contribution in [2.24, 2.45) is 0 Å². The summed E-state index contributed by atoms with van der Waals surface area (Å²) in [6.07, 6.45) is -4.15. The molecule has 2 aliphatic rings. The van der Waals surface area contributed by atoms with Gasteiger partial charge in [0.2, 0.25) is 0 Å². The summed E-state index contributed by atoms with van der Waals surface area (Å²) in [6.45, 7) is 6.11. The van der Waals surface area contributed by atoms with Gasteiger partial charge in [-0.25, -0.2) is 9.18 Å². The molecule has 41 heavy (non-hydrogen) atoms. The van der Waals surface area contributed by atoms with Crippen molar-refractivity contribution < 1.29 is 31.8 Å². The zero-order valence-corrected chi connectivity index (χ0v) is 24.3. The van der Waals surface area contributed by atoms with Gasteiger partial charge in [-0.3, -0.25) is 4.68 Å². The molecule has 3 heterocycles. The lowest BCUT2D eigenvalue weighted by molar-refractivity contribution is -0.144. The predicted molar refractivity (Wildman–Crippen MR) is 148 cm³/mol. The highest BCUT2D eigenvalue weighted by atomic mass is 35.5. The fourth-order valence-electron chi connectivity index (χ4n) is 5.56. The van der Waals surface area contributed by atoms with Gasteiger partial charge in [-0.05, 0) is 70.4 Å². The number of nitrogens with zero attached hydrogens (tertiary/aromatic N) is 3. The summed E-state index contributed by atoms with van der Waals surface area (Å²) in [4.78, 5) is 14.4. The lowest BCUT2D eigenvalue weighted by Gasteiger charge is -2.34. The zero-order valence-electron chi connectivity index (χ0n) is 22.7. The van der Waals surface area contributed by atoms with E-state index in [2.05, 4.69) is 10.4 Å². The second-order valence-electron chi connectivity index (χ2n) is 11.4. The number of alkyl halides is 3. The molecule has 2 fully saturated rings. The predicted octanol–water partition coefficient (Wildman–Crippen LogP) is 7.80. The molecule has 2 aromatic carbocycles. The number of hydrogen-bond acceptors (Lipinski definition) is 5. The van der Waals surface area contributed by atoms with Gasteiger partial charge in [0, 0.05) is 36.4 Å². The molecule has 7 nitrogen and oxygen atoms in total. The number of carbonyl (C=O) groups excluding carboxylic acids is 1. The Kier molecular flexibility index (Phi) is 7.84. The van der Waals surface area contributed by atoms with E-state index in [9.17, 15) is 18.0 Å². The molecule has 2 saturated heterocycles. The summed E-state index contributed by atoms with van der Waals surface area (Å²) < 4.78 is 70.0. The number of hydrogen-bond donors (Lipinski definition) is 1. The molecule has 13 heteroatoms. The van der Waals surface area contributed by atoms with Crippen LogP contribution in [0, 0.1) is 5.82 Å². The van der Waals surface area contributed by atoms with Gasteiger partial charge in [0.1, 0.15) is 11.4 Å². The fourth-order valence-corrected chi connectivity index (χ4v) is 6.05. The third-order valence-electron chi connectivity index (χ3n) is 7.33. The molecule has 1 aromatic heterocycles. The standard InChI is InChI=1S/C28H30Cl2F4N4O3/c1-26(2,3)41-25(39)37-11-10-27(15-37,22-20(31)7-6-19(29)23(22)30)35-16-4-5-18-21(14-16)36-38(24(18)28(32,33)34)17-8-12-40-13-9-17/h4-7,14,17,35H,8-13,15H2,1-3H3/t27-/m1/s1. The van der Waals surface area contributed by atoms with Gasteiger partial charge in [-0.15, -0.1) is 0 Å². The maximum atomic E-state index is 15.4. The average Bonchev–Trinajstić information content (AvgIpc) is 3.48. The Morgan fingerprint density at radius 1 is 1.15 bits per heavy atom. The molecule has 1 amide bonds. The van der Waals surface area contributed by atoms with E-state index < -0.39 is 41.0 Å². The van der Waals surface area contributed by atoms with E-state index in [-0.39, 0.29) is 46.0 Å². The number of halogens is 6. The SMILES string of the molecule is CC(C)(C)OC(=O)N1CC[C@](Nc2ccc3c(C(F)(F)F)n(C4CCOCC4)nc3c2)(c2c(F)ccc(Cl)c2Cl)C1. The van der Waals surface area contributed by atoms with Crippen LogP contribution in [-0.4, -0.2) is 52.7 Å². The van der Waals surface area contributed by atoms with Crippen LogP contribution in [0.2, 0.25) is 10.0 Å². The minimum atomic E-state index is -4.62. The first-order chi connectivity index (χ1) is 19.2. The molecule has 0 radical (unpaired) electrons. The minimum Gasteiger partial charge on any atom is -0.444 e. The van der Waals surface area contributed by atoms with Crippen molar-refractivity contribution in [2.75, 3.05) is 31.6 Å². The number of fused-ring (bicyclic) bond motifs is 1. The van der Waals surface area contributed by atoms with Crippen molar-refractivity contribution in [2.45, 2.75) is 63.4 Å². The number of nitrogens with one attached hydrogen (secondary N) is 1. The van der Waals surface area contributed by atoms with Gasteiger partial charge < -0.3 is 19.7 Å². The van der Waals surface area contributed by atoms with Crippen LogP contribution in [0.15, 0.2) is 30.3 Å². The lowest BCUT2D eigenvalue weighted by atomic mass is 9.87. The van der Waals surface area contributed by atoms with E-state index in [1.165, 1.54) is 35.2 Å². The highest BCUT2D eigenvalue weighted by Crippen LogP contribution is 2.44. The summed E-state index contributed by atoms with van der Waals surface area (Å²) >= 11 is 12.8.